The topological polar surface area (TPSA) is 47.7 Å². The molecule has 1 N–H and O–H groups in total. The van der Waals surface area contributed by atoms with Gasteiger partial charge in [0.25, 0.3) is 0 Å². The Balaban J connectivity index is 2.04. The summed E-state index contributed by atoms with van der Waals surface area (Å²) in [6.45, 7) is 12.1. The lowest BCUT2D eigenvalue weighted by atomic mass is 10.2. The molecule has 2 aromatic rings. The van der Waals surface area contributed by atoms with Crippen LogP contribution in [-0.4, -0.2) is 25.9 Å². The van der Waals surface area contributed by atoms with Crippen molar-refractivity contribution in [2.24, 2.45) is 5.92 Å². The van der Waals surface area contributed by atoms with E-state index in [1.807, 2.05) is 19.3 Å². The zero-order valence-electron chi connectivity index (χ0n) is 12.9. The van der Waals surface area contributed by atoms with Crippen LogP contribution in [0.15, 0.2) is 18.5 Å². The van der Waals surface area contributed by atoms with Crippen molar-refractivity contribution in [2.75, 3.05) is 6.54 Å². The van der Waals surface area contributed by atoms with Crippen molar-refractivity contribution in [3.8, 4) is 0 Å². The Morgan fingerprint density at radius 2 is 2.15 bits per heavy atom. The molecule has 0 spiro atoms. The fourth-order valence-corrected chi connectivity index (χ4v) is 2.30. The number of hydrogen-bond acceptors (Lipinski definition) is 3. The van der Waals surface area contributed by atoms with E-state index >= 15 is 0 Å². The molecule has 5 heteroatoms. The Labute approximate surface area is 121 Å². The molecule has 0 fully saturated rings. The molecule has 0 aromatic carbocycles. The molecule has 0 radical (unpaired) electrons. The van der Waals surface area contributed by atoms with Gasteiger partial charge in [0.05, 0.1) is 24.5 Å². The number of rotatable bonds is 7. The van der Waals surface area contributed by atoms with Crippen molar-refractivity contribution in [1.82, 2.24) is 24.6 Å². The monoisotopic (exact) mass is 275 g/mol. The van der Waals surface area contributed by atoms with Gasteiger partial charge in [-0.1, -0.05) is 13.8 Å². The molecule has 110 valence electrons. The number of aryl methyl sites for hydroxylation is 2. The second-order valence-electron chi connectivity index (χ2n) is 5.59. The highest BCUT2D eigenvalue weighted by molar-refractivity contribution is 5.10. The van der Waals surface area contributed by atoms with E-state index in [0.29, 0.717) is 5.92 Å². The SMILES string of the molecule is CCn1nc(C)cc1Cn1ccnc1CNCC(C)C. The fraction of sp³-hybridized carbons (Fsp3) is 0.600. The smallest absolute Gasteiger partial charge is 0.123 e. The fourth-order valence-electron chi connectivity index (χ4n) is 2.30. The molecule has 0 saturated carbocycles. The van der Waals surface area contributed by atoms with Crippen molar-refractivity contribution in [2.45, 2.75) is 47.3 Å². The number of hydrogen-bond donors (Lipinski definition) is 1. The second kappa shape index (κ2) is 6.70. The number of imidazole rings is 1. The van der Waals surface area contributed by atoms with Crippen molar-refractivity contribution in [3.05, 3.63) is 35.7 Å². The van der Waals surface area contributed by atoms with Gasteiger partial charge in [-0.3, -0.25) is 4.68 Å². The first-order valence-electron chi connectivity index (χ1n) is 7.34. The summed E-state index contributed by atoms with van der Waals surface area (Å²) in [6, 6.07) is 2.15. The molecule has 0 unspecified atom stereocenters. The molecule has 0 aliphatic heterocycles. The van der Waals surface area contributed by atoms with Gasteiger partial charge in [-0.05, 0) is 32.4 Å². The van der Waals surface area contributed by atoms with E-state index < -0.39 is 0 Å². The van der Waals surface area contributed by atoms with Crippen LogP contribution in [0, 0.1) is 12.8 Å². The molecule has 2 aromatic heterocycles. The van der Waals surface area contributed by atoms with Crippen LogP contribution in [0.1, 0.15) is 38.0 Å². The van der Waals surface area contributed by atoms with E-state index in [4.69, 9.17) is 0 Å². The van der Waals surface area contributed by atoms with Crippen LogP contribution in [0.2, 0.25) is 0 Å². The van der Waals surface area contributed by atoms with Gasteiger partial charge >= 0.3 is 0 Å². The van der Waals surface area contributed by atoms with Gasteiger partial charge < -0.3 is 9.88 Å². The van der Waals surface area contributed by atoms with Crippen LogP contribution in [0.25, 0.3) is 0 Å². The standard InChI is InChI=1S/C15H25N5/c1-5-20-14(8-13(4)18-20)11-19-7-6-17-15(19)10-16-9-12(2)3/h6-8,12,16H,5,9-11H2,1-4H3. The molecule has 0 bridgehead atoms. The average Bonchev–Trinajstić information content (AvgIpc) is 2.96. The maximum atomic E-state index is 4.49. The third-order valence-electron chi connectivity index (χ3n) is 3.25. The zero-order valence-corrected chi connectivity index (χ0v) is 12.9. The third-order valence-corrected chi connectivity index (χ3v) is 3.25. The summed E-state index contributed by atoms with van der Waals surface area (Å²) in [5.74, 6) is 1.73. The van der Waals surface area contributed by atoms with E-state index in [2.05, 4.69) is 51.5 Å². The van der Waals surface area contributed by atoms with Gasteiger partial charge in [-0.15, -0.1) is 0 Å². The predicted molar refractivity (Wildman–Crippen MR) is 80.5 cm³/mol. The van der Waals surface area contributed by atoms with Gasteiger partial charge in [-0.25, -0.2) is 4.98 Å². The van der Waals surface area contributed by atoms with Crippen LogP contribution >= 0.6 is 0 Å². The summed E-state index contributed by atoms with van der Waals surface area (Å²) >= 11 is 0. The molecule has 20 heavy (non-hydrogen) atoms. The number of aromatic nitrogens is 4. The van der Waals surface area contributed by atoms with E-state index in [0.717, 1.165) is 37.7 Å². The Kier molecular flexibility index (Phi) is 4.95. The quantitative estimate of drug-likeness (QED) is 0.842. The maximum absolute atomic E-state index is 4.49. The number of nitrogens with one attached hydrogen (secondary N) is 1. The summed E-state index contributed by atoms with van der Waals surface area (Å²) in [6.07, 6.45) is 3.90. The van der Waals surface area contributed by atoms with Crippen LogP contribution in [0.4, 0.5) is 0 Å². The minimum absolute atomic E-state index is 0.655. The Hall–Kier alpha value is -1.62. The molecule has 2 heterocycles. The molecular formula is C15H25N5. The first-order chi connectivity index (χ1) is 9.60. The lowest BCUT2D eigenvalue weighted by Gasteiger charge is -2.11. The van der Waals surface area contributed by atoms with Gasteiger partial charge in [0.2, 0.25) is 0 Å². The summed E-state index contributed by atoms with van der Waals surface area (Å²) in [7, 11) is 0. The molecule has 0 atom stereocenters. The maximum Gasteiger partial charge on any atom is 0.123 e. The predicted octanol–water partition coefficient (Wildman–Crippen LogP) is 2.20. The second-order valence-corrected chi connectivity index (χ2v) is 5.59. The van der Waals surface area contributed by atoms with Crippen molar-refractivity contribution in [1.29, 1.82) is 0 Å². The minimum Gasteiger partial charge on any atom is -0.328 e. The van der Waals surface area contributed by atoms with E-state index in [9.17, 15) is 0 Å². The van der Waals surface area contributed by atoms with Crippen LogP contribution in [0.5, 0.6) is 0 Å². The Bertz CT molecular complexity index is 538. The molecule has 5 nitrogen and oxygen atoms in total. The van der Waals surface area contributed by atoms with Crippen molar-refractivity contribution in [3.63, 3.8) is 0 Å². The van der Waals surface area contributed by atoms with Crippen LogP contribution in [0.3, 0.4) is 0 Å². The first kappa shape index (κ1) is 14.8. The van der Waals surface area contributed by atoms with Gasteiger partial charge in [-0.2, -0.15) is 5.10 Å². The van der Waals surface area contributed by atoms with Crippen molar-refractivity contribution >= 4 is 0 Å². The molecule has 0 saturated heterocycles. The summed E-state index contributed by atoms with van der Waals surface area (Å²) in [4.78, 5) is 4.44. The lowest BCUT2D eigenvalue weighted by molar-refractivity contribution is 0.527. The summed E-state index contributed by atoms with van der Waals surface area (Å²) < 4.78 is 4.25. The van der Waals surface area contributed by atoms with Crippen molar-refractivity contribution < 1.29 is 0 Å². The third kappa shape index (κ3) is 3.70. The minimum atomic E-state index is 0.655. The molecule has 0 amide bonds. The normalized spacial score (nSPS) is 11.4. The summed E-state index contributed by atoms with van der Waals surface area (Å²) in [5, 5.41) is 7.93. The van der Waals surface area contributed by atoms with Gasteiger partial charge in [0.1, 0.15) is 5.82 Å². The van der Waals surface area contributed by atoms with E-state index in [1.165, 1.54) is 5.69 Å². The highest BCUT2D eigenvalue weighted by Gasteiger charge is 2.08. The molecule has 2 rings (SSSR count). The van der Waals surface area contributed by atoms with Crippen LogP contribution < -0.4 is 5.32 Å². The van der Waals surface area contributed by atoms with E-state index in [-0.39, 0.29) is 0 Å². The average molecular weight is 275 g/mol. The van der Waals surface area contributed by atoms with Gasteiger partial charge in [0, 0.05) is 18.9 Å². The molecular weight excluding hydrogens is 250 g/mol. The number of nitrogens with zero attached hydrogens (tertiary/aromatic N) is 4. The van der Waals surface area contributed by atoms with Gasteiger partial charge in [0.15, 0.2) is 0 Å². The van der Waals surface area contributed by atoms with E-state index in [1.54, 1.807) is 0 Å². The highest BCUT2D eigenvalue weighted by Crippen LogP contribution is 2.08. The molecule has 0 aliphatic rings. The Morgan fingerprint density at radius 1 is 1.35 bits per heavy atom. The lowest BCUT2D eigenvalue weighted by Crippen LogP contribution is -2.22. The largest absolute Gasteiger partial charge is 0.328 e. The first-order valence-corrected chi connectivity index (χ1v) is 7.34. The van der Waals surface area contributed by atoms with Crippen LogP contribution in [-0.2, 0) is 19.6 Å². The Morgan fingerprint density at radius 3 is 2.85 bits per heavy atom. The summed E-state index contributed by atoms with van der Waals surface area (Å²) in [5.41, 5.74) is 2.30. The highest BCUT2D eigenvalue weighted by atomic mass is 15.3. The zero-order chi connectivity index (χ0) is 14.5. The molecule has 0 aliphatic carbocycles.